The van der Waals surface area contributed by atoms with Gasteiger partial charge in [0.15, 0.2) is 8.32 Å². The van der Waals surface area contributed by atoms with E-state index in [0.717, 1.165) is 19.4 Å². The summed E-state index contributed by atoms with van der Waals surface area (Å²) in [6.07, 6.45) is 11.9. The fourth-order valence-corrected chi connectivity index (χ4v) is 8.78. The van der Waals surface area contributed by atoms with Crippen LogP contribution in [0.15, 0.2) is 60.7 Å². The number of hydrogen-bond acceptors (Lipinski definition) is 1. The third-order valence-electron chi connectivity index (χ3n) is 8.40. The van der Waals surface area contributed by atoms with Gasteiger partial charge in [-0.25, -0.2) is 0 Å². The molecule has 0 spiro atoms. The number of fused-ring (bicyclic) bond motifs is 2. The van der Waals surface area contributed by atoms with Crippen LogP contribution in [0.1, 0.15) is 74.6 Å². The number of benzene rings is 2. The van der Waals surface area contributed by atoms with Crippen LogP contribution in [0.25, 0.3) is 12.2 Å². The van der Waals surface area contributed by atoms with Crippen molar-refractivity contribution in [3.63, 3.8) is 0 Å². The van der Waals surface area contributed by atoms with E-state index in [2.05, 4.69) is 101 Å². The van der Waals surface area contributed by atoms with Gasteiger partial charge in [0.2, 0.25) is 0 Å². The molecule has 0 bridgehead atoms. The summed E-state index contributed by atoms with van der Waals surface area (Å²) in [5.74, 6) is 0.859. The maximum atomic E-state index is 6.82. The summed E-state index contributed by atoms with van der Waals surface area (Å²) >= 11 is 0. The van der Waals surface area contributed by atoms with E-state index in [1.807, 2.05) is 0 Å². The van der Waals surface area contributed by atoms with Crippen LogP contribution in [0.2, 0.25) is 18.1 Å². The van der Waals surface area contributed by atoms with Gasteiger partial charge in [-0.05, 0) is 58.6 Å². The molecule has 0 amide bonds. The summed E-state index contributed by atoms with van der Waals surface area (Å²) in [4.78, 5) is 0. The second kappa shape index (κ2) is 13.8. The molecule has 0 saturated heterocycles. The zero-order valence-corrected chi connectivity index (χ0v) is 26.0. The van der Waals surface area contributed by atoms with Gasteiger partial charge in [-0.3, -0.25) is 0 Å². The third kappa shape index (κ3) is 5.76. The minimum atomic E-state index is -1.59. The number of allylic oxidation sites excluding steroid dienone is 2. The summed E-state index contributed by atoms with van der Waals surface area (Å²) in [6, 6.07) is 21.6. The van der Waals surface area contributed by atoms with E-state index in [1.165, 1.54) is 40.4 Å². The van der Waals surface area contributed by atoms with Crippen LogP contribution in [0, 0.1) is 5.41 Å². The fraction of sp³-hybridized carbons (Fsp3) is 0.448. The van der Waals surface area contributed by atoms with Crippen LogP contribution in [-0.4, -0.2) is 14.9 Å². The summed E-state index contributed by atoms with van der Waals surface area (Å²) in [7, 11) is -1.59. The molecule has 2 aromatic carbocycles. The fourth-order valence-electron chi connectivity index (χ4n) is 6.14. The summed E-state index contributed by atoms with van der Waals surface area (Å²) < 4.78 is 6.82. The van der Waals surface area contributed by atoms with Crippen LogP contribution < -0.4 is 24.8 Å². The van der Waals surface area contributed by atoms with Gasteiger partial charge in [0.25, 0.3) is 0 Å². The first-order chi connectivity index (χ1) is 15.1. The first kappa shape index (κ1) is 31.6. The largest absolute Gasteiger partial charge is 2.00 e. The number of rotatable bonds is 10. The van der Waals surface area contributed by atoms with Crippen molar-refractivity contribution < 1.29 is 55.4 Å². The molecule has 0 aromatic heterocycles. The summed E-state index contributed by atoms with van der Waals surface area (Å²) in [6.45, 7) is 10.3. The van der Waals surface area contributed by atoms with Crippen LogP contribution in [0.3, 0.4) is 0 Å². The van der Waals surface area contributed by atoms with Gasteiger partial charge in [-0.15, -0.1) is 0 Å². The molecule has 0 aliphatic heterocycles. The van der Waals surface area contributed by atoms with Crippen molar-refractivity contribution in [2.75, 3.05) is 6.61 Å². The number of hydrogen-bond donors (Lipinski definition) is 0. The molecule has 2 unspecified atom stereocenters. The van der Waals surface area contributed by atoms with Gasteiger partial charge < -0.3 is 29.2 Å². The zero-order chi connectivity index (χ0) is 21.9. The van der Waals surface area contributed by atoms with Gasteiger partial charge in [0.05, 0.1) is 0 Å². The van der Waals surface area contributed by atoms with E-state index in [1.54, 1.807) is 0 Å². The maximum Gasteiger partial charge on any atom is 2.00 e. The van der Waals surface area contributed by atoms with Crippen LogP contribution >= 0.6 is 0 Å². The van der Waals surface area contributed by atoms with Gasteiger partial charge in [-0.2, -0.15) is 0 Å². The van der Waals surface area contributed by atoms with Crippen LogP contribution in [0.5, 0.6) is 0 Å². The van der Waals surface area contributed by atoms with Crippen molar-refractivity contribution in [3.8, 4) is 0 Å². The monoisotopic (exact) mass is 590 g/mol. The Labute approximate surface area is 239 Å². The van der Waals surface area contributed by atoms with Gasteiger partial charge in [-0.1, -0.05) is 101 Å². The van der Waals surface area contributed by atoms with Gasteiger partial charge in [0, 0.05) is 18.4 Å². The Balaban J connectivity index is 0.00000193. The molecule has 2 aromatic rings. The number of halogens is 2. The Hall–Kier alpha value is -0.440. The topological polar surface area (TPSA) is 9.23 Å². The van der Waals surface area contributed by atoms with Crippen molar-refractivity contribution in [1.82, 2.24) is 0 Å². The second-order valence-electron chi connectivity index (χ2n) is 9.36. The van der Waals surface area contributed by atoms with Crippen LogP contribution in [-0.2, 0) is 30.6 Å². The Bertz CT molecular complexity index is 900. The van der Waals surface area contributed by atoms with E-state index in [4.69, 9.17) is 4.43 Å². The maximum absolute atomic E-state index is 6.82. The quantitative estimate of drug-likeness (QED) is 0.386. The average molecular weight is 593 g/mol. The minimum Gasteiger partial charge on any atom is -1.00 e. The molecule has 5 heteroatoms. The van der Waals surface area contributed by atoms with E-state index in [9.17, 15) is 0 Å². The van der Waals surface area contributed by atoms with E-state index >= 15 is 0 Å². The first-order valence-corrected chi connectivity index (χ1v) is 14.8. The van der Waals surface area contributed by atoms with Crippen molar-refractivity contribution in [3.05, 3.63) is 82.9 Å². The first-order valence-electron chi connectivity index (χ1n) is 12.3. The van der Waals surface area contributed by atoms with Crippen molar-refractivity contribution >= 4 is 20.5 Å². The molecule has 0 heterocycles. The van der Waals surface area contributed by atoms with E-state index < -0.39 is 8.32 Å². The molecular formula is C29H38Cl2OSiZr. The molecule has 0 radical (unpaired) electrons. The van der Waals surface area contributed by atoms with Crippen molar-refractivity contribution in [2.24, 2.45) is 5.41 Å². The molecular weight excluding hydrogens is 555 g/mol. The van der Waals surface area contributed by atoms with Crippen molar-refractivity contribution in [2.45, 2.75) is 70.5 Å². The molecule has 0 saturated carbocycles. The molecule has 2 aliphatic rings. The molecule has 4 rings (SSSR count). The predicted molar refractivity (Wildman–Crippen MR) is 137 cm³/mol. The normalized spacial score (nSPS) is 19.3. The van der Waals surface area contributed by atoms with E-state index in [0.29, 0.717) is 11.8 Å². The molecule has 2 aliphatic carbocycles. The molecule has 0 N–H and O–H groups in total. The standard InChI is InChI=1S/C29H38OSi.2ClH.Zr/c1-5-29(21-22-30-31(6-2,7-3)8-4,27-19-17-23-13-9-11-15-25(23)27)28-20-18-24-14-10-12-16-26(24)28;;;/h9-20,27-28H,5-8,21-22H2,1-4H3;2*1H;/q;;;+2/p-2. The minimum absolute atomic E-state index is 0. The Kier molecular flexibility index (Phi) is 12.8. The van der Waals surface area contributed by atoms with Crippen molar-refractivity contribution in [1.29, 1.82) is 0 Å². The second-order valence-corrected chi connectivity index (χ2v) is 14.1. The molecule has 34 heavy (non-hydrogen) atoms. The molecule has 2 atom stereocenters. The zero-order valence-electron chi connectivity index (χ0n) is 21.0. The Morgan fingerprint density at radius 2 is 1.18 bits per heavy atom. The molecule has 1 nitrogen and oxygen atoms in total. The summed E-state index contributed by atoms with van der Waals surface area (Å²) in [5.41, 5.74) is 5.89. The van der Waals surface area contributed by atoms with Crippen LogP contribution in [0.4, 0.5) is 0 Å². The van der Waals surface area contributed by atoms with E-state index in [-0.39, 0.29) is 56.4 Å². The van der Waals surface area contributed by atoms with Gasteiger partial charge >= 0.3 is 26.2 Å². The summed E-state index contributed by atoms with van der Waals surface area (Å²) in [5, 5.41) is 0. The Morgan fingerprint density at radius 3 is 1.59 bits per heavy atom. The smallest absolute Gasteiger partial charge is 1.00 e. The Morgan fingerprint density at radius 1 is 0.735 bits per heavy atom. The molecule has 182 valence electrons. The average Bonchev–Trinajstić information content (AvgIpc) is 3.46. The SMILES string of the molecule is CCC(CCO[Si](CC)(CC)CC)(C1C=Cc2ccccc21)C1C=Cc2ccccc21.[Cl-].[Cl-].[Zr+2]. The third-order valence-corrected chi connectivity index (χ3v) is 13.1. The molecule has 0 fully saturated rings. The van der Waals surface area contributed by atoms with Gasteiger partial charge in [0.1, 0.15) is 0 Å². The predicted octanol–water partition coefficient (Wildman–Crippen LogP) is 2.42.